The molecular formula is C19H19N3O4S2. The Morgan fingerprint density at radius 2 is 2.25 bits per heavy atom. The van der Waals surface area contributed by atoms with Crippen LogP contribution >= 0.6 is 22.7 Å². The number of hydrogen-bond donors (Lipinski definition) is 1. The predicted molar refractivity (Wildman–Crippen MR) is 108 cm³/mol. The van der Waals surface area contributed by atoms with E-state index in [0.29, 0.717) is 33.7 Å². The molecule has 146 valence electrons. The van der Waals surface area contributed by atoms with Crippen molar-refractivity contribution in [2.75, 3.05) is 13.2 Å². The zero-order valence-electron chi connectivity index (χ0n) is 15.3. The molecule has 28 heavy (non-hydrogen) atoms. The third-order valence-corrected chi connectivity index (χ3v) is 6.81. The monoisotopic (exact) mass is 417 g/mol. The minimum atomic E-state index is -0.599. The summed E-state index contributed by atoms with van der Waals surface area (Å²) in [7, 11) is 0. The average Bonchev–Trinajstić information content (AvgIpc) is 3.40. The summed E-state index contributed by atoms with van der Waals surface area (Å²) in [4.78, 5) is 43.6. The highest BCUT2D eigenvalue weighted by Crippen LogP contribution is 2.29. The van der Waals surface area contributed by atoms with Gasteiger partial charge in [0.15, 0.2) is 6.61 Å². The van der Waals surface area contributed by atoms with Crippen molar-refractivity contribution in [1.29, 1.82) is 0 Å². The summed E-state index contributed by atoms with van der Waals surface area (Å²) >= 11 is 2.78. The molecule has 0 saturated heterocycles. The van der Waals surface area contributed by atoms with Crippen molar-refractivity contribution in [3.63, 3.8) is 0 Å². The van der Waals surface area contributed by atoms with Crippen LogP contribution in [0.25, 0.3) is 10.2 Å². The molecule has 1 amide bonds. The lowest BCUT2D eigenvalue weighted by Gasteiger charge is -2.05. The molecule has 0 radical (unpaired) electrons. The van der Waals surface area contributed by atoms with Crippen LogP contribution in [0.5, 0.6) is 0 Å². The number of rotatable bonds is 6. The molecule has 1 N–H and O–H groups in total. The summed E-state index contributed by atoms with van der Waals surface area (Å²) in [6.45, 7) is 2.53. The minimum Gasteiger partial charge on any atom is -0.451 e. The Bertz CT molecular complexity index is 1100. The standard InChI is InChI=1S/C19H19N3O4S2/c1-11-15-17(21-13-5-2-8-22(13)18(15)24)28-16(11)19(25)26-10-14(23)20-7-6-12-4-3-9-27-12/h3-4,9H,2,5-8,10H2,1H3,(H,20,23). The van der Waals surface area contributed by atoms with Gasteiger partial charge in [0.2, 0.25) is 0 Å². The summed E-state index contributed by atoms with van der Waals surface area (Å²) in [6, 6.07) is 3.97. The highest BCUT2D eigenvalue weighted by molar-refractivity contribution is 7.20. The highest BCUT2D eigenvalue weighted by Gasteiger charge is 2.24. The van der Waals surface area contributed by atoms with Crippen LogP contribution in [0.3, 0.4) is 0 Å². The van der Waals surface area contributed by atoms with Gasteiger partial charge in [-0.1, -0.05) is 6.07 Å². The van der Waals surface area contributed by atoms with E-state index in [1.807, 2.05) is 17.5 Å². The van der Waals surface area contributed by atoms with Gasteiger partial charge in [0.1, 0.15) is 15.5 Å². The summed E-state index contributed by atoms with van der Waals surface area (Å²) in [5.41, 5.74) is 0.472. The van der Waals surface area contributed by atoms with Crippen molar-refractivity contribution in [3.8, 4) is 0 Å². The zero-order valence-corrected chi connectivity index (χ0v) is 17.0. The first-order valence-electron chi connectivity index (χ1n) is 9.03. The number of ether oxygens (including phenoxy) is 1. The maximum Gasteiger partial charge on any atom is 0.349 e. The van der Waals surface area contributed by atoms with Crippen molar-refractivity contribution in [1.82, 2.24) is 14.9 Å². The maximum absolute atomic E-state index is 12.7. The van der Waals surface area contributed by atoms with Gasteiger partial charge in [-0.25, -0.2) is 9.78 Å². The number of nitrogens with zero attached hydrogens (tertiary/aromatic N) is 2. The van der Waals surface area contributed by atoms with Crippen molar-refractivity contribution < 1.29 is 14.3 Å². The predicted octanol–water partition coefficient (Wildman–Crippen LogP) is 2.29. The van der Waals surface area contributed by atoms with Crippen LogP contribution in [0.1, 0.15) is 32.4 Å². The Hall–Kier alpha value is -2.52. The number of carbonyl (C=O) groups excluding carboxylic acids is 2. The molecular weight excluding hydrogens is 398 g/mol. The van der Waals surface area contributed by atoms with E-state index in [4.69, 9.17) is 4.74 Å². The number of esters is 1. The van der Waals surface area contributed by atoms with E-state index in [1.54, 1.807) is 22.8 Å². The molecule has 3 aromatic rings. The van der Waals surface area contributed by atoms with Gasteiger partial charge in [-0.2, -0.15) is 0 Å². The second-order valence-electron chi connectivity index (χ2n) is 6.58. The summed E-state index contributed by atoms with van der Waals surface area (Å²) in [5.74, 6) is -0.178. The molecule has 1 aliphatic rings. The Kier molecular flexibility index (Phi) is 5.27. The number of hydrogen-bond acceptors (Lipinski definition) is 7. The second kappa shape index (κ2) is 7.84. The lowest BCUT2D eigenvalue weighted by molar-refractivity contribution is -0.124. The Morgan fingerprint density at radius 3 is 3.04 bits per heavy atom. The first-order valence-corrected chi connectivity index (χ1v) is 10.7. The van der Waals surface area contributed by atoms with Crippen molar-refractivity contribution >= 4 is 44.8 Å². The summed E-state index contributed by atoms with van der Waals surface area (Å²) in [5, 5.41) is 5.20. The molecule has 7 nitrogen and oxygen atoms in total. The molecule has 0 aromatic carbocycles. The maximum atomic E-state index is 12.7. The third kappa shape index (κ3) is 3.59. The first kappa shape index (κ1) is 18.8. The molecule has 1 aliphatic heterocycles. The molecule has 9 heteroatoms. The highest BCUT2D eigenvalue weighted by atomic mass is 32.1. The van der Waals surface area contributed by atoms with Gasteiger partial charge >= 0.3 is 5.97 Å². The average molecular weight is 418 g/mol. The molecule has 0 spiro atoms. The number of aromatic nitrogens is 2. The van der Waals surface area contributed by atoms with Gasteiger partial charge in [-0.3, -0.25) is 14.2 Å². The fourth-order valence-corrected chi connectivity index (χ4v) is 5.09. The van der Waals surface area contributed by atoms with E-state index < -0.39 is 5.97 Å². The van der Waals surface area contributed by atoms with Gasteiger partial charge in [0.25, 0.3) is 11.5 Å². The SMILES string of the molecule is Cc1c(C(=O)OCC(=O)NCCc2cccs2)sc2nc3n(c(=O)c12)CCC3. The van der Waals surface area contributed by atoms with Gasteiger partial charge in [0, 0.05) is 24.4 Å². The summed E-state index contributed by atoms with van der Waals surface area (Å²) in [6.07, 6.45) is 2.43. The number of nitrogens with one attached hydrogen (secondary N) is 1. The third-order valence-electron chi connectivity index (χ3n) is 4.70. The second-order valence-corrected chi connectivity index (χ2v) is 8.61. The molecule has 0 fully saturated rings. The van der Waals surface area contributed by atoms with Crippen LogP contribution in [0, 0.1) is 6.92 Å². The molecule has 0 bridgehead atoms. The van der Waals surface area contributed by atoms with E-state index in [1.165, 1.54) is 4.88 Å². The van der Waals surface area contributed by atoms with Gasteiger partial charge in [-0.05, 0) is 36.8 Å². The number of carbonyl (C=O) groups is 2. The topological polar surface area (TPSA) is 90.3 Å². The van der Waals surface area contributed by atoms with Crippen LogP contribution in [0.15, 0.2) is 22.3 Å². The Balaban J connectivity index is 1.40. The van der Waals surface area contributed by atoms with Crippen molar-refractivity contribution in [3.05, 3.63) is 49.0 Å². The first-order chi connectivity index (χ1) is 13.5. The molecule has 0 saturated carbocycles. The van der Waals surface area contributed by atoms with Crippen LogP contribution in [-0.2, 0) is 28.9 Å². The van der Waals surface area contributed by atoms with E-state index in [-0.39, 0.29) is 18.1 Å². The number of fused-ring (bicyclic) bond motifs is 2. The molecule has 4 heterocycles. The van der Waals surface area contributed by atoms with E-state index in [9.17, 15) is 14.4 Å². The molecule has 4 rings (SSSR count). The molecule has 0 aliphatic carbocycles. The molecule has 0 unspecified atom stereocenters. The Labute approximate surface area is 169 Å². The zero-order chi connectivity index (χ0) is 19.7. The van der Waals surface area contributed by atoms with Gasteiger partial charge in [0.05, 0.1) is 5.39 Å². The quantitative estimate of drug-likeness (QED) is 0.622. The van der Waals surface area contributed by atoms with Crippen LogP contribution in [0.2, 0.25) is 0 Å². The fraction of sp³-hybridized carbons (Fsp3) is 0.368. The molecule has 3 aromatic heterocycles. The number of thiophene rings is 2. The number of aryl methyl sites for hydroxylation is 2. The fourth-order valence-electron chi connectivity index (χ4n) is 3.30. The van der Waals surface area contributed by atoms with Crippen LogP contribution in [-0.4, -0.2) is 34.6 Å². The smallest absolute Gasteiger partial charge is 0.349 e. The van der Waals surface area contributed by atoms with Crippen molar-refractivity contribution in [2.24, 2.45) is 0 Å². The largest absolute Gasteiger partial charge is 0.451 e. The minimum absolute atomic E-state index is 0.100. The van der Waals surface area contributed by atoms with Gasteiger partial charge in [-0.15, -0.1) is 22.7 Å². The lowest BCUT2D eigenvalue weighted by atomic mass is 10.2. The van der Waals surface area contributed by atoms with Crippen molar-refractivity contribution in [2.45, 2.75) is 32.7 Å². The van der Waals surface area contributed by atoms with Gasteiger partial charge < -0.3 is 10.1 Å². The van der Waals surface area contributed by atoms with Crippen LogP contribution in [0.4, 0.5) is 0 Å². The van der Waals surface area contributed by atoms with E-state index >= 15 is 0 Å². The number of amides is 1. The van der Waals surface area contributed by atoms with E-state index in [2.05, 4.69) is 10.3 Å². The Morgan fingerprint density at radius 1 is 1.39 bits per heavy atom. The molecule has 0 atom stereocenters. The van der Waals surface area contributed by atoms with E-state index in [0.717, 1.165) is 36.4 Å². The lowest BCUT2D eigenvalue weighted by Crippen LogP contribution is -2.30. The summed E-state index contributed by atoms with van der Waals surface area (Å²) < 4.78 is 6.83. The van der Waals surface area contributed by atoms with Crippen LogP contribution < -0.4 is 10.9 Å². The normalized spacial score (nSPS) is 12.9.